The summed E-state index contributed by atoms with van der Waals surface area (Å²) in [5, 5.41) is 25.8. The van der Waals surface area contributed by atoms with Gasteiger partial charge in [0, 0.05) is 10.8 Å². The summed E-state index contributed by atoms with van der Waals surface area (Å²) >= 11 is 2.48. The number of aliphatic hydroxyl groups excluding tert-OH is 1. The zero-order valence-corrected chi connectivity index (χ0v) is 24.2. The van der Waals surface area contributed by atoms with Crippen molar-refractivity contribution in [2.75, 3.05) is 0 Å². The lowest BCUT2D eigenvalue weighted by Gasteiger charge is -2.28. The van der Waals surface area contributed by atoms with Gasteiger partial charge in [0.1, 0.15) is 33.5 Å². The molecule has 0 radical (unpaired) electrons. The third-order valence-electron chi connectivity index (χ3n) is 6.26. The number of hydrogen-bond acceptors (Lipinski definition) is 9. The standard InChI is InChI=1S/C25H36N6O5S2/c1-10(2)16-22(35)31-19(13(7)32)23(36)30-18(12(5)6)25-27-15(9-38-25)21(34)29-17(11(3)4)24-26-14(8-37-24)20(33)28-16/h8-13,16-19,32H,1-7H3,(H,28,33)(H,29,34)(H,30,36)(H,31,35)/t13-,16-,17+,18+,19+/m1/s1. The number of aromatic nitrogens is 2. The predicted octanol–water partition coefficient (Wildman–Crippen LogP) is 2.17. The lowest BCUT2D eigenvalue weighted by Crippen LogP contribution is -2.58. The summed E-state index contributed by atoms with van der Waals surface area (Å²) in [4.78, 5) is 61.6. The maximum Gasteiger partial charge on any atom is 0.271 e. The molecule has 13 heteroatoms. The quantitative estimate of drug-likeness (QED) is 0.380. The fourth-order valence-corrected chi connectivity index (χ4v) is 5.99. The van der Waals surface area contributed by atoms with Gasteiger partial charge in [-0.25, -0.2) is 9.97 Å². The van der Waals surface area contributed by atoms with Crippen molar-refractivity contribution in [3.63, 3.8) is 0 Å². The summed E-state index contributed by atoms with van der Waals surface area (Å²) in [7, 11) is 0. The van der Waals surface area contributed by atoms with E-state index in [-0.39, 0.29) is 29.1 Å². The van der Waals surface area contributed by atoms with Gasteiger partial charge in [-0.05, 0) is 24.7 Å². The van der Waals surface area contributed by atoms with Crippen molar-refractivity contribution in [2.45, 2.75) is 78.7 Å². The molecule has 5 N–H and O–H groups in total. The zero-order chi connectivity index (χ0) is 28.3. The molecule has 0 spiro atoms. The molecule has 3 rings (SSSR count). The Kier molecular flexibility index (Phi) is 9.60. The van der Waals surface area contributed by atoms with E-state index in [1.807, 2.05) is 27.7 Å². The Hall–Kier alpha value is -2.90. The van der Waals surface area contributed by atoms with E-state index in [2.05, 4.69) is 31.2 Å². The van der Waals surface area contributed by atoms with Crippen LogP contribution in [0.15, 0.2) is 10.8 Å². The molecule has 0 fully saturated rings. The molecule has 38 heavy (non-hydrogen) atoms. The molecular weight excluding hydrogens is 528 g/mol. The minimum atomic E-state index is -1.28. The number of rotatable bonds is 4. The molecule has 4 amide bonds. The molecule has 2 aromatic rings. The van der Waals surface area contributed by atoms with Crippen molar-refractivity contribution in [1.82, 2.24) is 31.2 Å². The largest absolute Gasteiger partial charge is 0.391 e. The number of fused-ring (bicyclic) bond motifs is 4. The highest BCUT2D eigenvalue weighted by Crippen LogP contribution is 2.28. The molecule has 5 atom stereocenters. The predicted molar refractivity (Wildman–Crippen MR) is 145 cm³/mol. The van der Waals surface area contributed by atoms with Gasteiger partial charge >= 0.3 is 0 Å². The fourth-order valence-electron chi connectivity index (χ4n) is 3.95. The minimum absolute atomic E-state index is 0.0287. The van der Waals surface area contributed by atoms with Crippen LogP contribution in [0.4, 0.5) is 0 Å². The third kappa shape index (κ3) is 6.75. The average molecular weight is 565 g/mol. The van der Waals surface area contributed by atoms with Crippen molar-refractivity contribution in [2.24, 2.45) is 17.8 Å². The lowest BCUT2D eigenvalue weighted by atomic mass is 10.0. The van der Waals surface area contributed by atoms with Crippen molar-refractivity contribution >= 4 is 46.3 Å². The van der Waals surface area contributed by atoms with Gasteiger partial charge in [-0.3, -0.25) is 19.2 Å². The van der Waals surface area contributed by atoms with E-state index in [4.69, 9.17) is 0 Å². The Balaban J connectivity index is 2.07. The van der Waals surface area contributed by atoms with E-state index in [1.165, 1.54) is 29.6 Å². The molecular formula is C25H36N6O5S2. The minimum Gasteiger partial charge on any atom is -0.391 e. The van der Waals surface area contributed by atoms with Gasteiger partial charge in [0.05, 0.1) is 18.2 Å². The molecule has 2 aromatic heterocycles. The van der Waals surface area contributed by atoms with E-state index in [1.54, 1.807) is 24.6 Å². The smallest absolute Gasteiger partial charge is 0.271 e. The fraction of sp³-hybridized carbons (Fsp3) is 0.600. The first-order chi connectivity index (χ1) is 17.8. The molecule has 0 saturated carbocycles. The van der Waals surface area contributed by atoms with E-state index in [0.29, 0.717) is 10.0 Å². The molecule has 0 saturated heterocycles. The average Bonchev–Trinajstić information content (AvgIpc) is 3.51. The first kappa shape index (κ1) is 29.7. The van der Waals surface area contributed by atoms with Crippen LogP contribution in [0, 0.1) is 17.8 Å². The maximum absolute atomic E-state index is 13.2. The van der Waals surface area contributed by atoms with E-state index in [9.17, 15) is 24.3 Å². The summed E-state index contributed by atoms with van der Waals surface area (Å²) in [5.41, 5.74) is 0.316. The Labute approximate surface area is 230 Å². The highest BCUT2D eigenvalue weighted by atomic mass is 32.1. The number of amides is 4. The Morgan fingerprint density at radius 3 is 1.42 bits per heavy atom. The Morgan fingerprint density at radius 1 is 0.632 bits per heavy atom. The van der Waals surface area contributed by atoms with Gasteiger partial charge in [-0.1, -0.05) is 41.5 Å². The summed E-state index contributed by atoms with van der Waals surface area (Å²) in [6, 6.07) is -3.28. The van der Waals surface area contributed by atoms with Crippen LogP contribution in [0.5, 0.6) is 0 Å². The monoisotopic (exact) mass is 564 g/mol. The van der Waals surface area contributed by atoms with Crippen LogP contribution < -0.4 is 21.3 Å². The summed E-state index contributed by atoms with van der Waals surface area (Å²) < 4.78 is 0. The normalized spacial score (nSPS) is 24.4. The molecule has 11 nitrogen and oxygen atoms in total. The number of carbonyl (C=O) groups is 4. The van der Waals surface area contributed by atoms with Gasteiger partial charge < -0.3 is 26.4 Å². The van der Waals surface area contributed by atoms with Crippen LogP contribution in [0.25, 0.3) is 0 Å². The highest BCUT2D eigenvalue weighted by molar-refractivity contribution is 7.10. The van der Waals surface area contributed by atoms with Crippen LogP contribution in [0.1, 0.15) is 91.5 Å². The number of carbonyl (C=O) groups excluding carboxylic acids is 4. The SMILES string of the molecule is CC(C)[C@@H]1NC(=O)c2csc(n2)[C@H](C(C)C)NC(=O)[C@H]([C@@H](C)O)NC(=O)[C@@H](C(C)C)NC(=O)c2csc1n2. The summed E-state index contributed by atoms with van der Waals surface area (Å²) in [5.74, 6) is -2.60. The molecule has 0 aliphatic carbocycles. The molecule has 1 aliphatic heterocycles. The second-order valence-electron chi connectivity index (χ2n) is 10.5. The van der Waals surface area contributed by atoms with Crippen LogP contribution in [-0.2, 0) is 9.59 Å². The molecule has 1 aliphatic rings. The highest BCUT2D eigenvalue weighted by Gasteiger charge is 2.34. The summed E-state index contributed by atoms with van der Waals surface area (Å²) in [6.45, 7) is 12.6. The van der Waals surface area contributed by atoms with Crippen molar-refractivity contribution in [1.29, 1.82) is 0 Å². The van der Waals surface area contributed by atoms with E-state index < -0.39 is 53.9 Å². The molecule has 208 valence electrons. The van der Waals surface area contributed by atoms with Gasteiger partial charge in [0.25, 0.3) is 11.8 Å². The third-order valence-corrected chi connectivity index (χ3v) is 8.11. The number of hydrogen-bond donors (Lipinski definition) is 5. The Morgan fingerprint density at radius 2 is 1.00 bits per heavy atom. The van der Waals surface area contributed by atoms with Gasteiger partial charge in [0.15, 0.2) is 0 Å². The molecule has 0 unspecified atom stereocenters. The topological polar surface area (TPSA) is 162 Å². The van der Waals surface area contributed by atoms with Crippen LogP contribution in [0.2, 0.25) is 0 Å². The second-order valence-corrected chi connectivity index (χ2v) is 12.3. The van der Waals surface area contributed by atoms with Crippen LogP contribution >= 0.6 is 22.7 Å². The van der Waals surface area contributed by atoms with E-state index >= 15 is 0 Å². The molecule has 4 bridgehead atoms. The van der Waals surface area contributed by atoms with Crippen molar-refractivity contribution < 1.29 is 24.3 Å². The maximum atomic E-state index is 13.2. The number of thiazole rings is 2. The molecule has 3 heterocycles. The van der Waals surface area contributed by atoms with Gasteiger partial charge in [0.2, 0.25) is 11.8 Å². The van der Waals surface area contributed by atoms with E-state index in [0.717, 1.165) is 0 Å². The van der Waals surface area contributed by atoms with Gasteiger partial charge in [-0.15, -0.1) is 22.7 Å². The van der Waals surface area contributed by atoms with Gasteiger partial charge in [-0.2, -0.15) is 0 Å². The lowest BCUT2D eigenvalue weighted by molar-refractivity contribution is -0.133. The second kappa shape index (κ2) is 12.3. The number of aliphatic hydroxyl groups is 1. The number of nitrogens with one attached hydrogen (secondary N) is 4. The summed E-state index contributed by atoms with van der Waals surface area (Å²) in [6.07, 6.45) is -1.22. The zero-order valence-electron chi connectivity index (χ0n) is 22.6. The van der Waals surface area contributed by atoms with Crippen LogP contribution in [0.3, 0.4) is 0 Å². The first-order valence-corrected chi connectivity index (χ1v) is 14.4. The van der Waals surface area contributed by atoms with Crippen LogP contribution in [-0.4, -0.2) is 56.9 Å². The first-order valence-electron chi connectivity index (χ1n) is 12.6. The molecule has 0 aromatic carbocycles. The van der Waals surface area contributed by atoms with Crippen molar-refractivity contribution in [3.8, 4) is 0 Å². The van der Waals surface area contributed by atoms with Crippen molar-refractivity contribution in [3.05, 3.63) is 32.2 Å². The Bertz CT molecular complexity index is 1170. The number of nitrogens with zero attached hydrogens (tertiary/aromatic N) is 2.